The molecule has 0 amide bonds. The van der Waals surface area contributed by atoms with E-state index in [1.807, 2.05) is 0 Å². The summed E-state index contributed by atoms with van der Waals surface area (Å²) in [5.41, 5.74) is 6.12. The van der Waals surface area contributed by atoms with Gasteiger partial charge in [-0.15, -0.1) is 0 Å². The van der Waals surface area contributed by atoms with Crippen LogP contribution in [-0.4, -0.2) is 19.2 Å². The molecule has 0 unspecified atom stereocenters. The Balaban J connectivity index is 3.11. The van der Waals surface area contributed by atoms with Crippen molar-refractivity contribution in [2.45, 2.75) is 20.0 Å². The Kier molecular flexibility index (Phi) is 4.01. The Morgan fingerprint density at radius 1 is 1.44 bits per heavy atom. The van der Waals surface area contributed by atoms with Gasteiger partial charge in [-0.2, -0.15) is 0 Å². The van der Waals surface area contributed by atoms with Gasteiger partial charge in [-0.1, -0.05) is 11.6 Å². The Labute approximate surface area is 99.3 Å². The molecule has 88 valence electrons. The zero-order valence-electron chi connectivity index (χ0n) is 9.41. The fourth-order valence-corrected chi connectivity index (χ4v) is 1.37. The first kappa shape index (κ1) is 12.6. The summed E-state index contributed by atoms with van der Waals surface area (Å²) in [6, 6.07) is 3.05. The number of hydrogen-bond donors (Lipinski definition) is 1. The number of nitrogens with two attached hydrogens (primary N) is 1. The first-order valence-corrected chi connectivity index (χ1v) is 5.17. The third-order valence-corrected chi connectivity index (χ3v) is 2.21. The number of anilines is 1. The minimum atomic E-state index is -0.506. The molecule has 4 nitrogen and oxygen atoms in total. The van der Waals surface area contributed by atoms with Gasteiger partial charge in [0.15, 0.2) is 0 Å². The van der Waals surface area contributed by atoms with Crippen molar-refractivity contribution in [2.75, 3.05) is 12.8 Å². The van der Waals surface area contributed by atoms with Crippen LogP contribution < -0.4 is 10.5 Å². The van der Waals surface area contributed by atoms with Gasteiger partial charge >= 0.3 is 5.97 Å². The molecule has 0 aliphatic heterocycles. The first-order chi connectivity index (χ1) is 7.45. The maximum atomic E-state index is 11.7. The van der Waals surface area contributed by atoms with Crippen LogP contribution in [0.25, 0.3) is 0 Å². The van der Waals surface area contributed by atoms with Crippen molar-refractivity contribution in [3.8, 4) is 5.75 Å². The highest BCUT2D eigenvalue weighted by Gasteiger charge is 2.16. The van der Waals surface area contributed by atoms with Gasteiger partial charge < -0.3 is 15.2 Å². The highest BCUT2D eigenvalue weighted by molar-refractivity contribution is 6.34. The maximum absolute atomic E-state index is 11.7. The fourth-order valence-electron chi connectivity index (χ4n) is 1.16. The predicted molar refractivity (Wildman–Crippen MR) is 63.0 cm³/mol. The van der Waals surface area contributed by atoms with Crippen LogP contribution in [0.3, 0.4) is 0 Å². The summed E-state index contributed by atoms with van der Waals surface area (Å²) in [4.78, 5) is 11.7. The minimum Gasteiger partial charge on any atom is -0.497 e. The molecule has 0 saturated carbocycles. The highest BCUT2D eigenvalue weighted by atomic mass is 35.5. The highest BCUT2D eigenvalue weighted by Crippen LogP contribution is 2.29. The van der Waals surface area contributed by atoms with Gasteiger partial charge in [-0.05, 0) is 19.9 Å². The number of hydrogen-bond acceptors (Lipinski definition) is 4. The SMILES string of the molecule is COc1cc(Cl)c(N)c(C(=O)OC(C)C)c1. The molecule has 1 aromatic carbocycles. The molecule has 0 bridgehead atoms. The van der Waals surface area contributed by atoms with E-state index in [1.54, 1.807) is 19.9 Å². The largest absolute Gasteiger partial charge is 0.497 e. The number of halogens is 1. The average molecular weight is 244 g/mol. The molecule has 0 aliphatic carbocycles. The molecule has 0 radical (unpaired) electrons. The molecule has 0 saturated heterocycles. The number of rotatable bonds is 3. The molecule has 5 heteroatoms. The number of carbonyl (C=O) groups excluding carboxylic acids is 1. The normalized spacial score (nSPS) is 10.3. The summed E-state index contributed by atoms with van der Waals surface area (Å²) >= 11 is 5.87. The third-order valence-electron chi connectivity index (χ3n) is 1.90. The summed E-state index contributed by atoms with van der Waals surface area (Å²) in [5, 5.41) is 0.273. The molecule has 2 N–H and O–H groups in total. The van der Waals surface area contributed by atoms with Crippen molar-refractivity contribution < 1.29 is 14.3 Å². The Morgan fingerprint density at radius 3 is 2.56 bits per heavy atom. The van der Waals surface area contributed by atoms with Gasteiger partial charge in [-0.25, -0.2) is 4.79 Å². The molecule has 1 rings (SSSR count). The summed E-state index contributed by atoms with van der Waals surface area (Å²) in [5.74, 6) is -0.0387. The lowest BCUT2D eigenvalue weighted by Crippen LogP contribution is -2.13. The van der Waals surface area contributed by atoms with Crippen molar-refractivity contribution in [1.29, 1.82) is 0 Å². The summed E-state index contributed by atoms with van der Waals surface area (Å²) in [7, 11) is 1.49. The van der Waals surface area contributed by atoms with Crippen molar-refractivity contribution >= 4 is 23.3 Å². The summed E-state index contributed by atoms with van der Waals surface area (Å²) in [6.45, 7) is 3.52. The topological polar surface area (TPSA) is 61.5 Å². The van der Waals surface area contributed by atoms with Crippen LogP contribution in [-0.2, 0) is 4.74 Å². The summed E-state index contributed by atoms with van der Waals surface area (Å²) in [6.07, 6.45) is -0.211. The zero-order valence-corrected chi connectivity index (χ0v) is 10.2. The molecule has 0 heterocycles. The van der Waals surface area contributed by atoms with Gasteiger partial charge in [0, 0.05) is 6.07 Å². The van der Waals surface area contributed by atoms with E-state index in [2.05, 4.69) is 0 Å². The van der Waals surface area contributed by atoms with E-state index in [9.17, 15) is 4.79 Å². The second-order valence-corrected chi connectivity index (χ2v) is 3.93. The smallest absolute Gasteiger partial charge is 0.340 e. The van der Waals surface area contributed by atoms with Crippen molar-refractivity contribution in [2.24, 2.45) is 0 Å². The quantitative estimate of drug-likeness (QED) is 0.655. The lowest BCUT2D eigenvalue weighted by atomic mass is 10.1. The van der Waals surface area contributed by atoms with E-state index >= 15 is 0 Å². The number of benzene rings is 1. The Morgan fingerprint density at radius 2 is 2.06 bits per heavy atom. The number of ether oxygens (including phenoxy) is 2. The lowest BCUT2D eigenvalue weighted by Gasteiger charge is -2.11. The van der Waals surface area contributed by atoms with Gasteiger partial charge in [0.2, 0.25) is 0 Å². The zero-order chi connectivity index (χ0) is 12.3. The summed E-state index contributed by atoms with van der Waals surface area (Å²) < 4.78 is 10.0. The van der Waals surface area contributed by atoms with E-state index in [0.29, 0.717) is 5.75 Å². The van der Waals surface area contributed by atoms with Gasteiger partial charge in [0.1, 0.15) is 5.75 Å². The number of methoxy groups -OCH3 is 1. The van der Waals surface area contributed by atoms with Crippen LogP contribution in [0.15, 0.2) is 12.1 Å². The Bertz CT molecular complexity index is 404. The fraction of sp³-hybridized carbons (Fsp3) is 0.364. The molecule has 0 aliphatic rings. The number of esters is 1. The van der Waals surface area contributed by atoms with Crippen LogP contribution in [0.4, 0.5) is 5.69 Å². The minimum absolute atomic E-state index is 0.202. The van der Waals surface area contributed by atoms with Crippen LogP contribution in [0, 0.1) is 0 Å². The maximum Gasteiger partial charge on any atom is 0.340 e. The van der Waals surface area contributed by atoms with Crippen LogP contribution in [0.2, 0.25) is 5.02 Å². The van der Waals surface area contributed by atoms with Gasteiger partial charge in [0.25, 0.3) is 0 Å². The second-order valence-electron chi connectivity index (χ2n) is 3.52. The predicted octanol–water partition coefficient (Wildman–Crippen LogP) is 2.50. The van der Waals surface area contributed by atoms with Crippen molar-refractivity contribution in [1.82, 2.24) is 0 Å². The second kappa shape index (κ2) is 5.07. The van der Waals surface area contributed by atoms with Crippen LogP contribution in [0.5, 0.6) is 5.75 Å². The van der Waals surface area contributed by atoms with E-state index in [0.717, 1.165) is 0 Å². The Hall–Kier alpha value is -1.42. The van der Waals surface area contributed by atoms with Crippen molar-refractivity contribution in [3.05, 3.63) is 22.7 Å². The van der Waals surface area contributed by atoms with E-state index in [-0.39, 0.29) is 22.4 Å². The molecule has 16 heavy (non-hydrogen) atoms. The van der Waals surface area contributed by atoms with Gasteiger partial charge in [0.05, 0.1) is 29.5 Å². The number of carbonyl (C=O) groups is 1. The number of nitrogen functional groups attached to an aromatic ring is 1. The molecule has 1 aromatic rings. The molecular formula is C11H14ClNO3. The van der Waals surface area contributed by atoms with Crippen LogP contribution >= 0.6 is 11.6 Å². The van der Waals surface area contributed by atoms with Crippen LogP contribution in [0.1, 0.15) is 24.2 Å². The molecule has 0 spiro atoms. The lowest BCUT2D eigenvalue weighted by molar-refractivity contribution is 0.0379. The monoisotopic (exact) mass is 243 g/mol. The first-order valence-electron chi connectivity index (χ1n) is 4.79. The van der Waals surface area contributed by atoms with Gasteiger partial charge in [-0.3, -0.25) is 0 Å². The molecular weight excluding hydrogens is 230 g/mol. The molecule has 0 atom stereocenters. The average Bonchev–Trinajstić information content (AvgIpc) is 2.20. The standard InChI is InChI=1S/C11H14ClNO3/c1-6(2)16-11(14)8-4-7(15-3)5-9(12)10(8)13/h4-6H,13H2,1-3H3. The van der Waals surface area contributed by atoms with E-state index in [4.69, 9.17) is 26.8 Å². The molecule has 0 fully saturated rings. The van der Waals surface area contributed by atoms with E-state index < -0.39 is 5.97 Å². The van der Waals surface area contributed by atoms with E-state index in [1.165, 1.54) is 13.2 Å². The molecule has 0 aromatic heterocycles. The third kappa shape index (κ3) is 2.79. The van der Waals surface area contributed by atoms with Crippen molar-refractivity contribution in [3.63, 3.8) is 0 Å².